The second-order valence-electron chi connectivity index (χ2n) is 6.37. The van der Waals surface area contributed by atoms with Gasteiger partial charge >= 0.3 is 5.97 Å². The first-order chi connectivity index (χ1) is 7.91. The van der Waals surface area contributed by atoms with Gasteiger partial charge in [-0.15, -0.1) is 0 Å². The van der Waals surface area contributed by atoms with E-state index in [9.17, 15) is 4.79 Å². The van der Waals surface area contributed by atoms with Crippen LogP contribution in [-0.4, -0.2) is 25.2 Å². The van der Waals surface area contributed by atoms with E-state index in [2.05, 4.69) is 26.1 Å². The molecule has 0 radical (unpaired) electrons. The lowest BCUT2D eigenvalue weighted by molar-refractivity contribution is -0.155. The average molecular weight is 239 g/mol. The molecule has 98 valence electrons. The molecule has 3 atom stereocenters. The molecule has 0 spiro atoms. The predicted molar refractivity (Wildman–Crippen MR) is 67.7 cm³/mol. The number of fused-ring (bicyclic) bond motifs is 2. The van der Waals surface area contributed by atoms with E-state index in [1.54, 1.807) is 0 Å². The molecule has 0 aromatic rings. The molecule has 17 heavy (non-hydrogen) atoms. The van der Waals surface area contributed by atoms with Crippen LogP contribution >= 0.6 is 0 Å². The monoisotopic (exact) mass is 239 g/mol. The fourth-order valence-electron chi connectivity index (χ4n) is 3.74. The molecule has 2 rings (SSSR count). The molecule has 0 heterocycles. The third-order valence-corrected chi connectivity index (χ3v) is 5.51. The van der Waals surface area contributed by atoms with Gasteiger partial charge in [-0.3, -0.25) is 4.79 Å². The van der Waals surface area contributed by atoms with Crippen LogP contribution in [0.1, 0.15) is 47.0 Å². The zero-order valence-electron chi connectivity index (χ0n) is 11.5. The van der Waals surface area contributed by atoms with E-state index >= 15 is 0 Å². The predicted octanol–water partition coefficient (Wildman–Crippen LogP) is 2.35. The highest BCUT2D eigenvalue weighted by Crippen LogP contribution is 2.66. The normalized spacial score (nSPS) is 38.4. The van der Waals surface area contributed by atoms with Gasteiger partial charge in [0.2, 0.25) is 0 Å². The largest absolute Gasteiger partial charge is 0.461 e. The standard InChI is InChI=1S/C14H25NO2/c1-5-15-9-12(16)17-11-8-10-6-7-14(11,4)13(10,2)3/h10-11,15H,5-9H2,1-4H3. The van der Waals surface area contributed by atoms with Crippen LogP contribution in [-0.2, 0) is 9.53 Å². The Bertz CT molecular complexity index is 313. The van der Waals surface area contributed by atoms with Gasteiger partial charge in [0.15, 0.2) is 0 Å². The number of ether oxygens (including phenoxy) is 1. The van der Waals surface area contributed by atoms with Crippen LogP contribution in [0.2, 0.25) is 0 Å². The van der Waals surface area contributed by atoms with Crippen molar-refractivity contribution in [1.82, 2.24) is 5.32 Å². The summed E-state index contributed by atoms with van der Waals surface area (Å²) in [6, 6.07) is 0. The van der Waals surface area contributed by atoms with Crippen molar-refractivity contribution in [3.05, 3.63) is 0 Å². The van der Waals surface area contributed by atoms with Crippen molar-refractivity contribution >= 4 is 5.97 Å². The van der Waals surface area contributed by atoms with E-state index in [-0.39, 0.29) is 17.5 Å². The maximum atomic E-state index is 11.7. The summed E-state index contributed by atoms with van der Waals surface area (Å²) in [5.74, 6) is 0.630. The Morgan fingerprint density at radius 1 is 1.41 bits per heavy atom. The van der Waals surface area contributed by atoms with Crippen molar-refractivity contribution < 1.29 is 9.53 Å². The molecule has 0 aliphatic heterocycles. The molecule has 1 N–H and O–H groups in total. The molecule has 0 aromatic heterocycles. The van der Waals surface area contributed by atoms with E-state index < -0.39 is 0 Å². The Labute approximate surface area is 104 Å². The third-order valence-electron chi connectivity index (χ3n) is 5.51. The number of hydrogen-bond donors (Lipinski definition) is 1. The number of esters is 1. The summed E-state index contributed by atoms with van der Waals surface area (Å²) >= 11 is 0. The van der Waals surface area contributed by atoms with Gasteiger partial charge in [-0.2, -0.15) is 0 Å². The van der Waals surface area contributed by atoms with Crippen molar-refractivity contribution in [3.8, 4) is 0 Å². The molecule has 0 aromatic carbocycles. The van der Waals surface area contributed by atoms with Gasteiger partial charge in [-0.05, 0) is 37.1 Å². The van der Waals surface area contributed by atoms with Crippen LogP contribution in [0.25, 0.3) is 0 Å². The lowest BCUT2D eigenvalue weighted by Crippen LogP contribution is -2.39. The molecule has 2 aliphatic carbocycles. The van der Waals surface area contributed by atoms with Crippen LogP contribution in [0.5, 0.6) is 0 Å². The van der Waals surface area contributed by atoms with Crippen molar-refractivity contribution in [2.45, 2.75) is 53.1 Å². The first-order valence-corrected chi connectivity index (χ1v) is 6.82. The molecule has 0 amide bonds. The Hall–Kier alpha value is -0.570. The van der Waals surface area contributed by atoms with Crippen LogP contribution in [0.4, 0.5) is 0 Å². The van der Waals surface area contributed by atoms with Crippen molar-refractivity contribution in [3.63, 3.8) is 0 Å². The smallest absolute Gasteiger partial charge is 0.320 e. The van der Waals surface area contributed by atoms with Crippen LogP contribution in [0, 0.1) is 16.7 Å². The second-order valence-corrected chi connectivity index (χ2v) is 6.37. The molecule has 2 bridgehead atoms. The number of likely N-dealkylation sites (N-methyl/N-ethyl adjacent to an activating group) is 1. The quantitative estimate of drug-likeness (QED) is 0.765. The highest BCUT2D eigenvalue weighted by Gasteiger charge is 2.62. The summed E-state index contributed by atoms with van der Waals surface area (Å²) < 4.78 is 5.68. The Kier molecular flexibility index (Phi) is 3.23. The maximum absolute atomic E-state index is 11.7. The average Bonchev–Trinajstić information content (AvgIpc) is 2.59. The summed E-state index contributed by atoms with van der Waals surface area (Å²) in [7, 11) is 0. The SMILES string of the molecule is CCNCC(=O)OC1CC2CCC1(C)C2(C)C. The fourth-order valence-corrected chi connectivity index (χ4v) is 3.74. The summed E-state index contributed by atoms with van der Waals surface area (Å²) in [5, 5.41) is 3.02. The first kappa shape index (κ1) is 12.9. The lowest BCUT2D eigenvalue weighted by Gasteiger charge is -2.38. The van der Waals surface area contributed by atoms with E-state index in [4.69, 9.17) is 4.74 Å². The summed E-state index contributed by atoms with van der Waals surface area (Å²) in [6.07, 6.45) is 3.68. The summed E-state index contributed by atoms with van der Waals surface area (Å²) in [5.41, 5.74) is 0.496. The molecule has 3 unspecified atom stereocenters. The zero-order chi connectivity index (χ0) is 12.7. The number of carbonyl (C=O) groups excluding carboxylic acids is 1. The van der Waals surface area contributed by atoms with E-state index in [1.807, 2.05) is 6.92 Å². The van der Waals surface area contributed by atoms with Gasteiger partial charge < -0.3 is 10.1 Å². The molecule has 2 aliphatic rings. The molecular weight excluding hydrogens is 214 g/mol. The van der Waals surface area contributed by atoms with Gasteiger partial charge in [-0.25, -0.2) is 0 Å². The van der Waals surface area contributed by atoms with Gasteiger partial charge in [0, 0.05) is 5.41 Å². The van der Waals surface area contributed by atoms with Gasteiger partial charge in [-0.1, -0.05) is 27.7 Å². The molecule has 0 saturated heterocycles. The van der Waals surface area contributed by atoms with Crippen molar-refractivity contribution in [1.29, 1.82) is 0 Å². The minimum atomic E-state index is -0.0959. The Morgan fingerprint density at radius 2 is 2.12 bits per heavy atom. The minimum absolute atomic E-state index is 0.0959. The van der Waals surface area contributed by atoms with Gasteiger partial charge in [0.25, 0.3) is 0 Å². The highest BCUT2D eigenvalue weighted by atomic mass is 16.5. The molecule has 2 saturated carbocycles. The van der Waals surface area contributed by atoms with Crippen LogP contribution in [0.3, 0.4) is 0 Å². The third kappa shape index (κ3) is 1.88. The van der Waals surface area contributed by atoms with Crippen molar-refractivity contribution in [2.24, 2.45) is 16.7 Å². The van der Waals surface area contributed by atoms with Crippen LogP contribution in [0.15, 0.2) is 0 Å². The number of nitrogens with one attached hydrogen (secondary N) is 1. The summed E-state index contributed by atoms with van der Waals surface area (Å²) in [4.78, 5) is 11.7. The second kappa shape index (κ2) is 4.27. The summed E-state index contributed by atoms with van der Waals surface area (Å²) in [6.45, 7) is 10.1. The molecule has 2 fully saturated rings. The van der Waals surface area contributed by atoms with Gasteiger partial charge in [0.05, 0.1) is 6.54 Å². The minimum Gasteiger partial charge on any atom is -0.461 e. The van der Waals surface area contributed by atoms with Gasteiger partial charge in [0.1, 0.15) is 6.10 Å². The number of rotatable bonds is 4. The lowest BCUT2D eigenvalue weighted by atomic mass is 9.70. The Balaban J connectivity index is 1.98. The fraction of sp³-hybridized carbons (Fsp3) is 0.929. The topological polar surface area (TPSA) is 38.3 Å². The van der Waals surface area contributed by atoms with E-state index in [0.29, 0.717) is 12.0 Å². The van der Waals surface area contributed by atoms with Crippen LogP contribution < -0.4 is 5.32 Å². The first-order valence-electron chi connectivity index (χ1n) is 6.82. The molecule has 3 nitrogen and oxygen atoms in total. The maximum Gasteiger partial charge on any atom is 0.320 e. The zero-order valence-corrected chi connectivity index (χ0v) is 11.5. The highest BCUT2D eigenvalue weighted by molar-refractivity contribution is 5.72. The Morgan fingerprint density at radius 3 is 2.59 bits per heavy atom. The number of hydrogen-bond acceptors (Lipinski definition) is 3. The van der Waals surface area contributed by atoms with E-state index in [1.165, 1.54) is 12.8 Å². The van der Waals surface area contributed by atoms with E-state index in [0.717, 1.165) is 18.9 Å². The molecule has 3 heteroatoms. The van der Waals surface area contributed by atoms with Crippen molar-refractivity contribution in [2.75, 3.05) is 13.1 Å². The number of carbonyl (C=O) groups is 1. The molecular formula is C14H25NO2.